The molecule has 1 N–H and O–H groups in total. The Bertz CT molecular complexity index is 508. The molecule has 0 aliphatic carbocycles. The molecule has 0 saturated carbocycles. The van der Waals surface area contributed by atoms with Gasteiger partial charge < -0.3 is 14.7 Å². The number of nitrogens with zero attached hydrogens (tertiary/aromatic N) is 1. The maximum absolute atomic E-state index is 12.0. The summed E-state index contributed by atoms with van der Waals surface area (Å²) in [6.45, 7) is 9.31. The highest BCUT2D eigenvalue weighted by atomic mass is 16.6. The van der Waals surface area contributed by atoms with Gasteiger partial charge in [-0.15, -0.1) is 0 Å². The Hall–Kier alpha value is -1.55. The van der Waals surface area contributed by atoms with Gasteiger partial charge in [-0.2, -0.15) is 0 Å². The third kappa shape index (κ3) is 4.23. The highest BCUT2D eigenvalue weighted by Gasteiger charge is 2.30. The van der Waals surface area contributed by atoms with Crippen molar-refractivity contribution in [3.63, 3.8) is 0 Å². The van der Waals surface area contributed by atoms with E-state index >= 15 is 0 Å². The molecule has 0 atom stereocenters. The topological polar surface area (TPSA) is 49.8 Å². The van der Waals surface area contributed by atoms with Crippen molar-refractivity contribution in [1.29, 1.82) is 0 Å². The van der Waals surface area contributed by atoms with Crippen molar-refractivity contribution in [3.05, 3.63) is 29.8 Å². The van der Waals surface area contributed by atoms with E-state index in [1.807, 2.05) is 52.0 Å². The average molecular weight is 305 g/mol. The van der Waals surface area contributed by atoms with Crippen LogP contribution in [0.2, 0.25) is 0 Å². The monoisotopic (exact) mass is 305 g/mol. The summed E-state index contributed by atoms with van der Waals surface area (Å²) in [5.41, 5.74) is 0.673. The SMILES string of the molecule is CCC1(O)CCN(c2ccc(C(=O)OC(C)(C)C)cc2)CC1. The van der Waals surface area contributed by atoms with Crippen LogP contribution in [0.5, 0.6) is 0 Å². The van der Waals surface area contributed by atoms with Crippen molar-refractivity contribution in [2.24, 2.45) is 0 Å². The second-order valence-corrected chi connectivity index (χ2v) is 7.11. The fourth-order valence-corrected chi connectivity index (χ4v) is 2.68. The Labute approximate surface area is 133 Å². The predicted molar refractivity (Wildman–Crippen MR) is 88.3 cm³/mol. The minimum atomic E-state index is -0.507. The molecular formula is C18H27NO3. The highest BCUT2D eigenvalue weighted by molar-refractivity contribution is 5.90. The number of esters is 1. The second kappa shape index (κ2) is 6.29. The molecule has 0 spiro atoms. The summed E-state index contributed by atoms with van der Waals surface area (Å²) < 4.78 is 5.37. The summed E-state index contributed by atoms with van der Waals surface area (Å²) in [6, 6.07) is 7.53. The van der Waals surface area contributed by atoms with Gasteiger partial charge >= 0.3 is 5.97 Å². The van der Waals surface area contributed by atoms with E-state index in [0.717, 1.165) is 38.0 Å². The molecule has 0 amide bonds. The summed E-state index contributed by atoms with van der Waals surface area (Å²) >= 11 is 0. The van der Waals surface area contributed by atoms with Crippen LogP contribution in [0.4, 0.5) is 5.69 Å². The molecule has 1 heterocycles. The van der Waals surface area contributed by atoms with Crippen LogP contribution >= 0.6 is 0 Å². The van der Waals surface area contributed by atoms with Crippen LogP contribution in [-0.4, -0.2) is 35.4 Å². The van der Waals surface area contributed by atoms with Gasteiger partial charge in [0.2, 0.25) is 0 Å². The number of carbonyl (C=O) groups excluding carboxylic acids is 1. The van der Waals surface area contributed by atoms with Gasteiger partial charge in [0.1, 0.15) is 5.60 Å². The van der Waals surface area contributed by atoms with Crippen molar-refractivity contribution >= 4 is 11.7 Å². The van der Waals surface area contributed by atoms with Crippen LogP contribution in [0.1, 0.15) is 57.3 Å². The molecular weight excluding hydrogens is 278 g/mol. The lowest BCUT2D eigenvalue weighted by Gasteiger charge is -2.38. The average Bonchev–Trinajstić information content (AvgIpc) is 2.46. The third-order valence-electron chi connectivity index (χ3n) is 4.22. The Morgan fingerprint density at radius 2 is 1.77 bits per heavy atom. The molecule has 1 saturated heterocycles. The van der Waals surface area contributed by atoms with Crippen molar-refractivity contribution in [1.82, 2.24) is 0 Å². The maximum atomic E-state index is 12.0. The van der Waals surface area contributed by atoms with Crippen LogP contribution in [-0.2, 0) is 4.74 Å². The Morgan fingerprint density at radius 1 is 1.23 bits per heavy atom. The first kappa shape index (κ1) is 16.8. The fraction of sp³-hybridized carbons (Fsp3) is 0.611. The van der Waals surface area contributed by atoms with Crippen molar-refractivity contribution in [2.45, 2.75) is 58.2 Å². The molecule has 0 bridgehead atoms. The number of anilines is 1. The lowest BCUT2D eigenvalue weighted by molar-refractivity contribution is 0.00691. The second-order valence-electron chi connectivity index (χ2n) is 7.11. The number of rotatable bonds is 3. The van der Waals surface area contributed by atoms with Gasteiger partial charge in [0, 0.05) is 18.8 Å². The molecule has 1 aliphatic heterocycles. The van der Waals surface area contributed by atoms with Crippen molar-refractivity contribution in [3.8, 4) is 0 Å². The Balaban J connectivity index is 2.00. The van der Waals surface area contributed by atoms with E-state index in [0.29, 0.717) is 5.56 Å². The maximum Gasteiger partial charge on any atom is 0.338 e. The van der Waals surface area contributed by atoms with Gasteiger partial charge in [-0.05, 0) is 64.3 Å². The predicted octanol–water partition coefficient (Wildman–Crippen LogP) is 3.38. The summed E-state index contributed by atoms with van der Waals surface area (Å²) in [6.07, 6.45) is 2.38. The number of aliphatic hydroxyl groups is 1. The quantitative estimate of drug-likeness (QED) is 0.870. The summed E-state index contributed by atoms with van der Waals surface area (Å²) in [5, 5.41) is 10.3. The first-order valence-electron chi connectivity index (χ1n) is 8.03. The van der Waals surface area contributed by atoms with E-state index in [1.54, 1.807) is 0 Å². The molecule has 0 unspecified atom stereocenters. The van der Waals surface area contributed by atoms with Crippen LogP contribution in [0.25, 0.3) is 0 Å². The van der Waals surface area contributed by atoms with E-state index in [1.165, 1.54) is 0 Å². The highest BCUT2D eigenvalue weighted by Crippen LogP contribution is 2.28. The smallest absolute Gasteiger partial charge is 0.338 e. The van der Waals surface area contributed by atoms with Crippen LogP contribution < -0.4 is 4.90 Å². The molecule has 1 aliphatic rings. The number of ether oxygens (including phenoxy) is 1. The van der Waals surface area contributed by atoms with E-state index in [4.69, 9.17) is 4.74 Å². The van der Waals surface area contributed by atoms with Gasteiger partial charge in [-0.25, -0.2) is 4.79 Å². The summed E-state index contributed by atoms with van der Waals surface area (Å²) in [5.74, 6) is -0.293. The van der Waals surface area contributed by atoms with Crippen LogP contribution in [0, 0.1) is 0 Å². The molecule has 2 rings (SSSR count). The minimum Gasteiger partial charge on any atom is -0.456 e. The number of carbonyl (C=O) groups is 1. The summed E-state index contributed by atoms with van der Waals surface area (Å²) in [7, 11) is 0. The zero-order valence-electron chi connectivity index (χ0n) is 14.1. The Morgan fingerprint density at radius 3 is 2.23 bits per heavy atom. The number of hydrogen-bond donors (Lipinski definition) is 1. The molecule has 122 valence electrons. The summed E-state index contributed by atoms with van der Waals surface area (Å²) in [4.78, 5) is 14.3. The molecule has 1 aromatic carbocycles. The number of benzene rings is 1. The lowest BCUT2D eigenvalue weighted by atomic mass is 9.89. The van der Waals surface area contributed by atoms with E-state index in [-0.39, 0.29) is 5.97 Å². The van der Waals surface area contributed by atoms with Gasteiger partial charge in [0.05, 0.1) is 11.2 Å². The first-order chi connectivity index (χ1) is 10.2. The van der Waals surface area contributed by atoms with Crippen molar-refractivity contribution < 1.29 is 14.6 Å². The van der Waals surface area contributed by atoms with Gasteiger partial charge in [0.25, 0.3) is 0 Å². The molecule has 0 radical (unpaired) electrons. The zero-order chi connectivity index (χ0) is 16.4. The van der Waals surface area contributed by atoms with Gasteiger partial charge in [0.15, 0.2) is 0 Å². The van der Waals surface area contributed by atoms with Crippen LogP contribution in [0.3, 0.4) is 0 Å². The first-order valence-corrected chi connectivity index (χ1v) is 8.03. The van der Waals surface area contributed by atoms with Gasteiger partial charge in [-0.3, -0.25) is 0 Å². The molecule has 4 nitrogen and oxygen atoms in total. The van der Waals surface area contributed by atoms with E-state index in [9.17, 15) is 9.90 Å². The zero-order valence-corrected chi connectivity index (χ0v) is 14.1. The van der Waals surface area contributed by atoms with Crippen LogP contribution in [0.15, 0.2) is 24.3 Å². The Kier molecular flexibility index (Phi) is 4.81. The van der Waals surface area contributed by atoms with Gasteiger partial charge in [-0.1, -0.05) is 6.92 Å². The minimum absolute atomic E-state index is 0.293. The molecule has 1 aromatic rings. The van der Waals surface area contributed by atoms with Crippen molar-refractivity contribution in [2.75, 3.05) is 18.0 Å². The lowest BCUT2D eigenvalue weighted by Crippen LogP contribution is -2.44. The molecule has 4 heteroatoms. The number of piperidine rings is 1. The fourth-order valence-electron chi connectivity index (χ4n) is 2.68. The number of hydrogen-bond acceptors (Lipinski definition) is 4. The van der Waals surface area contributed by atoms with E-state index in [2.05, 4.69) is 4.90 Å². The standard InChI is InChI=1S/C18H27NO3/c1-5-18(21)10-12-19(13-11-18)15-8-6-14(7-9-15)16(20)22-17(2,3)4/h6-9,21H,5,10-13H2,1-4H3. The molecule has 0 aromatic heterocycles. The van der Waals surface area contributed by atoms with E-state index < -0.39 is 11.2 Å². The largest absolute Gasteiger partial charge is 0.456 e. The normalized spacial score (nSPS) is 18.1. The third-order valence-corrected chi connectivity index (χ3v) is 4.22. The molecule has 22 heavy (non-hydrogen) atoms. The molecule has 1 fully saturated rings.